The molecule has 0 spiro atoms. The summed E-state index contributed by atoms with van der Waals surface area (Å²) < 4.78 is 12.1. The number of fused-ring (bicyclic) bond motifs is 2. The summed E-state index contributed by atoms with van der Waals surface area (Å²) in [6.07, 6.45) is 4.94. The Morgan fingerprint density at radius 1 is 0.938 bits per heavy atom. The van der Waals surface area contributed by atoms with Crippen molar-refractivity contribution in [2.75, 3.05) is 20.6 Å². The fourth-order valence-electron chi connectivity index (χ4n) is 4.64. The van der Waals surface area contributed by atoms with Crippen LogP contribution >= 0.6 is 0 Å². The molecule has 164 valence electrons. The molecule has 0 N–H and O–H groups in total. The minimum Gasteiger partial charge on any atom is -0.489 e. The molecule has 3 heteroatoms. The van der Waals surface area contributed by atoms with E-state index in [1.807, 2.05) is 18.2 Å². The topological polar surface area (TPSA) is 25.6 Å². The van der Waals surface area contributed by atoms with Gasteiger partial charge in [0.25, 0.3) is 0 Å². The van der Waals surface area contributed by atoms with Gasteiger partial charge in [-0.25, -0.2) is 0 Å². The number of para-hydroxylation sites is 1. The smallest absolute Gasteiger partial charge is 0.135 e. The molecule has 1 atom stereocenters. The lowest BCUT2D eigenvalue weighted by Crippen LogP contribution is -2.21. The van der Waals surface area contributed by atoms with Gasteiger partial charge in [0.2, 0.25) is 0 Å². The van der Waals surface area contributed by atoms with Gasteiger partial charge < -0.3 is 14.1 Å². The lowest BCUT2D eigenvalue weighted by molar-refractivity contribution is 0.304. The molecule has 1 unspecified atom stereocenters. The average Bonchev–Trinajstić information content (AvgIpc) is 3.26. The highest BCUT2D eigenvalue weighted by Crippen LogP contribution is 2.31. The molecule has 3 nitrogen and oxygen atoms in total. The van der Waals surface area contributed by atoms with E-state index in [9.17, 15) is 0 Å². The van der Waals surface area contributed by atoms with E-state index < -0.39 is 0 Å². The predicted octanol–water partition coefficient (Wildman–Crippen LogP) is 6.74. The molecular formula is C29H31NO2. The third-order valence-corrected chi connectivity index (χ3v) is 6.56. The largest absolute Gasteiger partial charge is 0.489 e. The summed E-state index contributed by atoms with van der Waals surface area (Å²) in [6, 6.07) is 25.3. The number of benzene rings is 3. The zero-order chi connectivity index (χ0) is 21.9. The van der Waals surface area contributed by atoms with Crippen LogP contribution in [0, 0.1) is 5.92 Å². The molecule has 32 heavy (non-hydrogen) atoms. The summed E-state index contributed by atoms with van der Waals surface area (Å²) in [4.78, 5) is 2.29. The Balaban J connectivity index is 1.20. The van der Waals surface area contributed by atoms with Gasteiger partial charge in [0.05, 0.1) is 0 Å². The van der Waals surface area contributed by atoms with Crippen LogP contribution in [0.1, 0.15) is 29.5 Å². The van der Waals surface area contributed by atoms with Crippen molar-refractivity contribution in [3.8, 4) is 17.1 Å². The highest BCUT2D eigenvalue weighted by Gasteiger charge is 2.19. The summed E-state index contributed by atoms with van der Waals surface area (Å²) in [5.41, 5.74) is 6.13. The van der Waals surface area contributed by atoms with E-state index in [0.29, 0.717) is 6.61 Å². The van der Waals surface area contributed by atoms with E-state index in [4.69, 9.17) is 9.15 Å². The maximum atomic E-state index is 6.13. The quantitative estimate of drug-likeness (QED) is 0.328. The molecule has 1 heterocycles. The van der Waals surface area contributed by atoms with Crippen molar-refractivity contribution in [2.45, 2.75) is 32.3 Å². The maximum absolute atomic E-state index is 6.13. The van der Waals surface area contributed by atoms with Gasteiger partial charge in [-0.3, -0.25) is 0 Å². The van der Waals surface area contributed by atoms with Gasteiger partial charge in [0.1, 0.15) is 23.7 Å². The van der Waals surface area contributed by atoms with Gasteiger partial charge in [-0.1, -0.05) is 48.5 Å². The lowest BCUT2D eigenvalue weighted by atomic mass is 9.82. The highest BCUT2D eigenvalue weighted by atomic mass is 16.5. The van der Waals surface area contributed by atoms with Crippen molar-refractivity contribution >= 4 is 11.0 Å². The Bertz CT molecular complexity index is 1160. The van der Waals surface area contributed by atoms with Crippen molar-refractivity contribution in [1.29, 1.82) is 0 Å². The summed E-state index contributed by atoms with van der Waals surface area (Å²) in [6.45, 7) is 1.75. The van der Waals surface area contributed by atoms with Crippen LogP contribution in [0.4, 0.5) is 0 Å². The fraction of sp³-hybridized carbons (Fsp3) is 0.310. The predicted molar refractivity (Wildman–Crippen MR) is 131 cm³/mol. The fourth-order valence-corrected chi connectivity index (χ4v) is 4.64. The Hall–Kier alpha value is -3.04. The first-order valence-corrected chi connectivity index (χ1v) is 11.6. The Kier molecular flexibility index (Phi) is 6.00. The van der Waals surface area contributed by atoms with Crippen molar-refractivity contribution < 1.29 is 9.15 Å². The summed E-state index contributed by atoms with van der Waals surface area (Å²) in [5, 5.41) is 1.13. The molecule has 0 fully saturated rings. The second-order valence-corrected chi connectivity index (χ2v) is 9.27. The SMILES string of the molecule is CN(C)CCC1CCc2cc(OCc3ccc(-c4cc5ccccc5o4)cc3)ccc2C1. The Morgan fingerprint density at radius 2 is 1.78 bits per heavy atom. The van der Waals surface area contributed by atoms with E-state index >= 15 is 0 Å². The van der Waals surface area contributed by atoms with Gasteiger partial charge in [-0.05, 0) is 93.2 Å². The molecule has 5 rings (SSSR count). The molecule has 0 radical (unpaired) electrons. The van der Waals surface area contributed by atoms with E-state index in [2.05, 4.69) is 73.6 Å². The molecule has 1 aliphatic rings. The minimum absolute atomic E-state index is 0.574. The third kappa shape index (κ3) is 4.73. The molecule has 0 aliphatic heterocycles. The van der Waals surface area contributed by atoms with E-state index in [1.54, 1.807) is 0 Å². The van der Waals surface area contributed by atoms with Gasteiger partial charge in [0, 0.05) is 10.9 Å². The molecule has 0 amide bonds. The Morgan fingerprint density at radius 3 is 2.59 bits per heavy atom. The van der Waals surface area contributed by atoms with Gasteiger partial charge in [-0.2, -0.15) is 0 Å². The summed E-state index contributed by atoms with van der Waals surface area (Å²) in [7, 11) is 4.32. The van der Waals surface area contributed by atoms with E-state index in [1.165, 1.54) is 36.9 Å². The molecule has 3 aromatic carbocycles. The number of rotatable bonds is 7. The molecule has 0 saturated carbocycles. The van der Waals surface area contributed by atoms with Crippen molar-refractivity contribution in [3.05, 3.63) is 89.5 Å². The number of furan rings is 1. The van der Waals surface area contributed by atoms with Crippen LogP contribution in [0.5, 0.6) is 5.75 Å². The van der Waals surface area contributed by atoms with Crippen LogP contribution in [0.25, 0.3) is 22.3 Å². The van der Waals surface area contributed by atoms with Crippen LogP contribution in [0.2, 0.25) is 0 Å². The van der Waals surface area contributed by atoms with E-state index in [-0.39, 0.29) is 0 Å². The lowest BCUT2D eigenvalue weighted by Gasteiger charge is -2.26. The maximum Gasteiger partial charge on any atom is 0.135 e. The second kappa shape index (κ2) is 9.22. The Labute approximate surface area is 190 Å². The van der Waals surface area contributed by atoms with Crippen LogP contribution < -0.4 is 4.74 Å². The monoisotopic (exact) mass is 425 g/mol. The number of nitrogens with zero attached hydrogens (tertiary/aromatic N) is 1. The molecule has 0 saturated heterocycles. The normalized spacial score (nSPS) is 15.8. The summed E-state index contributed by atoms with van der Waals surface area (Å²) >= 11 is 0. The van der Waals surface area contributed by atoms with Gasteiger partial charge in [-0.15, -0.1) is 0 Å². The van der Waals surface area contributed by atoms with Crippen molar-refractivity contribution in [2.24, 2.45) is 5.92 Å². The molecule has 0 bridgehead atoms. The van der Waals surface area contributed by atoms with Gasteiger partial charge >= 0.3 is 0 Å². The molecule has 1 aromatic heterocycles. The number of hydrogen-bond donors (Lipinski definition) is 0. The van der Waals surface area contributed by atoms with Crippen molar-refractivity contribution in [1.82, 2.24) is 4.90 Å². The number of ether oxygens (including phenoxy) is 1. The van der Waals surface area contributed by atoms with Crippen molar-refractivity contribution in [3.63, 3.8) is 0 Å². The van der Waals surface area contributed by atoms with Crippen LogP contribution in [-0.4, -0.2) is 25.5 Å². The standard InChI is InChI=1S/C29H31NO2/c1-30(2)16-15-21-7-12-25-18-27(14-13-24(25)17-21)31-20-22-8-10-23(11-9-22)29-19-26-5-3-4-6-28(26)32-29/h3-6,8-11,13-14,18-19,21H,7,12,15-17,20H2,1-2H3. The number of hydrogen-bond acceptors (Lipinski definition) is 3. The molecule has 1 aliphatic carbocycles. The summed E-state index contributed by atoms with van der Waals surface area (Å²) in [5.74, 6) is 2.68. The first-order chi connectivity index (χ1) is 15.6. The van der Waals surface area contributed by atoms with Crippen LogP contribution in [0.3, 0.4) is 0 Å². The van der Waals surface area contributed by atoms with Gasteiger partial charge in [0.15, 0.2) is 0 Å². The first kappa shape index (κ1) is 20.8. The third-order valence-electron chi connectivity index (χ3n) is 6.56. The highest BCUT2D eigenvalue weighted by molar-refractivity contribution is 5.82. The van der Waals surface area contributed by atoms with E-state index in [0.717, 1.165) is 45.9 Å². The minimum atomic E-state index is 0.574. The van der Waals surface area contributed by atoms with Crippen LogP contribution in [-0.2, 0) is 19.4 Å². The first-order valence-electron chi connectivity index (χ1n) is 11.6. The number of aryl methyl sites for hydroxylation is 1. The average molecular weight is 426 g/mol. The molecule has 4 aromatic rings. The molecular weight excluding hydrogens is 394 g/mol. The van der Waals surface area contributed by atoms with Crippen LogP contribution in [0.15, 0.2) is 77.2 Å². The second-order valence-electron chi connectivity index (χ2n) is 9.27. The zero-order valence-electron chi connectivity index (χ0n) is 19.0. The zero-order valence-corrected chi connectivity index (χ0v) is 19.0.